The zero-order valence-corrected chi connectivity index (χ0v) is 8.31. The lowest BCUT2D eigenvalue weighted by Gasteiger charge is -2.10. The minimum absolute atomic E-state index is 0.316. The summed E-state index contributed by atoms with van der Waals surface area (Å²) < 4.78 is 50.2. The average Bonchev–Trinajstić information content (AvgIpc) is 2.16. The first kappa shape index (κ1) is 12.4. The van der Waals surface area contributed by atoms with Crippen LogP contribution in [0.15, 0.2) is 30.4 Å². The molecule has 0 radical (unpaired) electrons. The quantitative estimate of drug-likeness (QED) is 0.432. The largest absolute Gasteiger partial charge is 0.417 e. The molecular formula is C11H8F4O. The van der Waals surface area contributed by atoms with Gasteiger partial charge in [-0.15, -0.1) is 0 Å². The normalized spacial score (nSPS) is 12.1. The van der Waals surface area contributed by atoms with E-state index in [1.54, 1.807) is 0 Å². The second kappa shape index (κ2) is 4.47. The fourth-order valence-corrected chi connectivity index (χ4v) is 1.21. The van der Waals surface area contributed by atoms with Crippen LogP contribution in [0.25, 0.3) is 0 Å². The van der Waals surface area contributed by atoms with Crippen molar-refractivity contribution in [3.05, 3.63) is 47.3 Å². The van der Waals surface area contributed by atoms with Crippen LogP contribution >= 0.6 is 0 Å². The molecule has 0 aliphatic heterocycles. The van der Waals surface area contributed by atoms with Gasteiger partial charge in [0.2, 0.25) is 0 Å². The number of alkyl halides is 3. The maximum absolute atomic E-state index is 12.7. The van der Waals surface area contributed by atoms with Crippen molar-refractivity contribution >= 4 is 5.78 Å². The van der Waals surface area contributed by atoms with Crippen LogP contribution < -0.4 is 0 Å². The molecule has 0 bridgehead atoms. The molecule has 0 fully saturated rings. The SMILES string of the molecule is C/C=C/C(=O)c1ccc(F)cc1C(F)(F)F. The van der Waals surface area contributed by atoms with Crippen LogP contribution in [0, 0.1) is 5.82 Å². The zero-order chi connectivity index (χ0) is 12.3. The van der Waals surface area contributed by atoms with E-state index in [0.717, 1.165) is 18.2 Å². The van der Waals surface area contributed by atoms with Crippen LogP contribution in [0.1, 0.15) is 22.8 Å². The van der Waals surface area contributed by atoms with E-state index in [-0.39, 0.29) is 0 Å². The maximum atomic E-state index is 12.7. The Balaban J connectivity index is 3.34. The summed E-state index contributed by atoms with van der Waals surface area (Å²) in [7, 11) is 0. The third-order valence-corrected chi connectivity index (χ3v) is 1.87. The molecular weight excluding hydrogens is 224 g/mol. The Labute approximate surface area is 89.4 Å². The summed E-state index contributed by atoms with van der Waals surface area (Å²) in [4.78, 5) is 11.3. The number of hydrogen-bond acceptors (Lipinski definition) is 1. The summed E-state index contributed by atoms with van der Waals surface area (Å²) in [5.74, 6) is -1.82. The lowest BCUT2D eigenvalue weighted by atomic mass is 10.0. The third kappa shape index (κ3) is 2.68. The summed E-state index contributed by atoms with van der Waals surface area (Å²) in [5.41, 5.74) is -1.80. The molecule has 0 aliphatic rings. The van der Waals surface area contributed by atoms with Crippen molar-refractivity contribution in [3.8, 4) is 0 Å². The molecule has 5 heteroatoms. The molecule has 1 nitrogen and oxygen atoms in total. The molecule has 0 N–H and O–H groups in total. The van der Waals surface area contributed by atoms with E-state index in [2.05, 4.69) is 0 Å². The van der Waals surface area contributed by atoms with Gasteiger partial charge in [0.15, 0.2) is 5.78 Å². The second-order valence-corrected chi connectivity index (χ2v) is 3.05. The van der Waals surface area contributed by atoms with Gasteiger partial charge in [0.1, 0.15) is 5.82 Å². The van der Waals surface area contributed by atoms with Crippen molar-refractivity contribution in [1.29, 1.82) is 0 Å². The zero-order valence-electron chi connectivity index (χ0n) is 8.31. The van der Waals surface area contributed by atoms with Gasteiger partial charge in [-0.2, -0.15) is 13.2 Å². The minimum atomic E-state index is -4.74. The Kier molecular flexibility index (Phi) is 3.47. The van der Waals surface area contributed by atoms with Gasteiger partial charge in [0, 0.05) is 5.56 Å². The van der Waals surface area contributed by atoms with Crippen molar-refractivity contribution in [2.24, 2.45) is 0 Å². The fraction of sp³-hybridized carbons (Fsp3) is 0.182. The lowest BCUT2D eigenvalue weighted by Crippen LogP contribution is -2.12. The molecule has 0 spiro atoms. The van der Waals surface area contributed by atoms with E-state index in [4.69, 9.17) is 0 Å². The van der Waals surface area contributed by atoms with Gasteiger partial charge in [0.05, 0.1) is 5.56 Å². The third-order valence-electron chi connectivity index (χ3n) is 1.87. The minimum Gasteiger partial charge on any atom is -0.289 e. The van der Waals surface area contributed by atoms with E-state index in [1.165, 1.54) is 13.0 Å². The fourth-order valence-electron chi connectivity index (χ4n) is 1.21. The van der Waals surface area contributed by atoms with Crippen LogP contribution in [0.4, 0.5) is 17.6 Å². The number of hydrogen-bond donors (Lipinski definition) is 0. The molecule has 0 aliphatic carbocycles. The molecule has 1 rings (SSSR count). The van der Waals surface area contributed by atoms with E-state index >= 15 is 0 Å². The number of benzene rings is 1. The molecule has 16 heavy (non-hydrogen) atoms. The van der Waals surface area contributed by atoms with Crippen molar-refractivity contribution < 1.29 is 22.4 Å². The van der Waals surface area contributed by atoms with Gasteiger partial charge >= 0.3 is 6.18 Å². The van der Waals surface area contributed by atoms with Gasteiger partial charge in [-0.1, -0.05) is 6.08 Å². The predicted octanol–water partition coefficient (Wildman–Crippen LogP) is 3.60. The highest BCUT2D eigenvalue weighted by atomic mass is 19.4. The van der Waals surface area contributed by atoms with Gasteiger partial charge in [-0.25, -0.2) is 4.39 Å². The summed E-state index contributed by atoms with van der Waals surface area (Å²) in [6, 6.07) is 1.98. The highest BCUT2D eigenvalue weighted by Gasteiger charge is 2.35. The average molecular weight is 232 g/mol. The predicted molar refractivity (Wildman–Crippen MR) is 50.5 cm³/mol. The molecule has 0 amide bonds. The Morgan fingerprint density at radius 1 is 1.31 bits per heavy atom. The summed E-state index contributed by atoms with van der Waals surface area (Å²) >= 11 is 0. The molecule has 0 saturated heterocycles. The number of allylic oxidation sites excluding steroid dienone is 2. The topological polar surface area (TPSA) is 17.1 Å². The summed E-state index contributed by atoms with van der Waals surface area (Å²) in [5, 5.41) is 0. The Morgan fingerprint density at radius 2 is 1.94 bits per heavy atom. The van der Waals surface area contributed by atoms with E-state index in [9.17, 15) is 22.4 Å². The van der Waals surface area contributed by atoms with Crippen LogP contribution in [0.2, 0.25) is 0 Å². The van der Waals surface area contributed by atoms with Crippen LogP contribution in [0.5, 0.6) is 0 Å². The number of rotatable bonds is 2. The maximum Gasteiger partial charge on any atom is 0.417 e. The van der Waals surface area contributed by atoms with E-state index < -0.39 is 28.9 Å². The second-order valence-electron chi connectivity index (χ2n) is 3.05. The van der Waals surface area contributed by atoms with Gasteiger partial charge in [0.25, 0.3) is 0 Å². The van der Waals surface area contributed by atoms with Gasteiger partial charge in [-0.05, 0) is 31.2 Å². The number of carbonyl (C=O) groups excluding carboxylic acids is 1. The van der Waals surface area contributed by atoms with Crippen molar-refractivity contribution in [2.45, 2.75) is 13.1 Å². The number of halogens is 4. The van der Waals surface area contributed by atoms with Gasteiger partial charge in [-0.3, -0.25) is 4.79 Å². The molecule has 0 atom stereocenters. The smallest absolute Gasteiger partial charge is 0.289 e. The molecule has 0 aromatic heterocycles. The summed E-state index contributed by atoms with van der Waals surface area (Å²) in [6.45, 7) is 1.51. The molecule has 1 aromatic rings. The Morgan fingerprint density at radius 3 is 2.44 bits per heavy atom. The van der Waals surface area contributed by atoms with Gasteiger partial charge < -0.3 is 0 Å². The molecule has 0 unspecified atom stereocenters. The number of ketones is 1. The molecule has 0 heterocycles. The first-order valence-corrected chi connectivity index (χ1v) is 4.40. The van der Waals surface area contributed by atoms with E-state index in [1.807, 2.05) is 0 Å². The Hall–Kier alpha value is -1.65. The molecule has 1 aromatic carbocycles. The van der Waals surface area contributed by atoms with Crippen molar-refractivity contribution in [2.75, 3.05) is 0 Å². The standard InChI is InChI=1S/C11H8F4O/c1-2-3-10(16)8-5-4-7(12)6-9(8)11(13,14)15/h2-6H,1H3/b3-2+. The first-order valence-electron chi connectivity index (χ1n) is 4.40. The monoisotopic (exact) mass is 232 g/mol. The van der Waals surface area contributed by atoms with Crippen LogP contribution in [0.3, 0.4) is 0 Å². The molecule has 0 saturated carbocycles. The lowest BCUT2D eigenvalue weighted by molar-refractivity contribution is -0.138. The van der Waals surface area contributed by atoms with E-state index in [0.29, 0.717) is 6.07 Å². The summed E-state index contributed by atoms with van der Waals surface area (Å²) in [6.07, 6.45) is -2.41. The van der Waals surface area contributed by atoms with Crippen LogP contribution in [-0.2, 0) is 6.18 Å². The molecule has 86 valence electrons. The van der Waals surface area contributed by atoms with Crippen LogP contribution in [-0.4, -0.2) is 5.78 Å². The number of carbonyl (C=O) groups is 1. The highest BCUT2D eigenvalue weighted by Crippen LogP contribution is 2.32. The van der Waals surface area contributed by atoms with Crippen molar-refractivity contribution in [1.82, 2.24) is 0 Å². The van der Waals surface area contributed by atoms with Crippen molar-refractivity contribution in [3.63, 3.8) is 0 Å². The first-order chi connectivity index (χ1) is 7.36. The highest BCUT2D eigenvalue weighted by molar-refractivity contribution is 6.05. The Bertz CT molecular complexity index is 432.